The van der Waals surface area contributed by atoms with Crippen molar-refractivity contribution in [1.29, 1.82) is 0 Å². The van der Waals surface area contributed by atoms with Crippen LogP contribution in [0.5, 0.6) is 11.5 Å². The zero-order valence-corrected chi connectivity index (χ0v) is 15.5. The zero-order valence-electron chi connectivity index (χ0n) is 13.9. The third-order valence-corrected chi connectivity index (χ3v) is 4.20. The van der Waals surface area contributed by atoms with Gasteiger partial charge in [-0.25, -0.2) is 0 Å². The van der Waals surface area contributed by atoms with Gasteiger partial charge in [0.1, 0.15) is 13.2 Å². The molecule has 26 heavy (non-hydrogen) atoms. The lowest BCUT2D eigenvalue weighted by Gasteiger charge is -2.18. The Morgan fingerprint density at radius 2 is 1.77 bits per heavy atom. The highest BCUT2D eigenvalue weighted by Gasteiger charge is 2.14. The molecule has 1 aliphatic rings. The molecule has 1 heterocycles. The van der Waals surface area contributed by atoms with E-state index in [1.807, 2.05) is 24.3 Å². The van der Waals surface area contributed by atoms with Crippen molar-refractivity contribution in [2.75, 3.05) is 19.8 Å². The molecule has 1 amide bonds. The normalized spacial score (nSPS) is 12.2. The topological polar surface area (TPSA) is 71.6 Å². The molecule has 0 spiro atoms. The summed E-state index contributed by atoms with van der Waals surface area (Å²) in [6.07, 6.45) is 0.787. The number of thiocarbonyl (C=S) groups is 1. The summed E-state index contributed by atoms with van der Waals surface area (Å²) in [5.74, 6) is 0.886. The fourth-order valence-electron chi connectivity index (χ4n) is 2.39. The van der Waals surface area contributed by atoms with Crippen molar-refractivity contribution in [3.8, 4) is 11.5 Å². The van der Waals surface area contributed by atoms with Crippen LogP contribution in [0.4, 0.5) is 0 Å². The maximum absolute atomic E-state index is 12.2. The Bertz CT molecular complexity index is 799. The van der Waals surface area contributed by atoms with E-state index in [1.54, 1.807) is 18.2 Å². The van der Waals surface area contributed by atoms with E-state index >= 15 is 0 Å². The molecule has 1 aliphatic heterocycles. The molecular weight excluding hydrogens is 374 g/mol. The van der Waals surface area contributed by atoms with Crippen molar-refractivity contribution in [2.45, 2.75) is 6.42 Å². The number of ether oxygens (including phenoxy) is 2. The SMILES string of the molecule is O=C(NNC(=S)NCCc1ccc(Cl)cc1)c1ccc2c(c1)OCCO2. The van der Waals surface area contributed by atoms with E-state index in [1.165, 1.54) is 0 Å². The first-order valence-electron chi connectivity index (χ1n) is 8.10. The van der Waals surface area contributed by atoms with E-state index in [2.05, 4.69) is 16.2 Å². The summed E-state index contributed by atoms with van der Waals surface area (Å²) in [7, 11) is 0. The predicted octanol–water partition coefficient (Wildman–Crippen LogP) is 2.46. The fourth-order valence-corrected chi connectivity index (χ4v) is 2.67. The van der Waals surface area contributed by atoms with Gasteiger partial charge >= 0.3 is 0 Å². The van der Waals surface area contributed by atoms with Gasteiger partial charge in [-0.3, -0.25) is 15.6 Å². The average Bonchev–Trinajstić information content (AvgIpc) is 2.67. The van der Waals surface area contributed by atoms with Crippen LogP contribution >= 0.6 is 23.8 Å². The Hall–Kier alpha value is -2.51. The molecule has 0 saturated heterocycles. The van der Waals surface area contributed by atoms with Gasteiger partial charge in [0.25, 0.3) is 5.91 Å². The predicted molar refractivity (Wildman–Crippen MR) is 104 cm³/mol. The smallest absolute Gasteiger partial charge is 0.269 e. The molecule has 0 fully saturated rings. The maximum atomic E-state index is 12.2. The molecule has 0 aliphatic carbocycles. The minimum Gasteiger partial charge on any atom is -0.486 e. The molecule has 0 aromatic heterocycles. The van der Waals surface area contributed by atoms with Crippen molar-refractivity contribution in [3.05, 3.63) is 58.6 Å². The number of hydrogen-bond acceptors (Lipinski definition) is 4. The monoisotopic (exact) mass is 391 g/mol. The maximum Gasteiger partial charge on any atom is 0.269 e. The van der Waals surface area contributed by atoms with Crippen LogP contribution in [-0.4, -0.2) is 30.8 Å². The molecule has 0 radical (unpaired) electrons. The molecule has 0 bridgehead atoms. The second-order valence-corrected chi connectivity index (χ2v) is 6.41. The van der Waals surface area contributed by atoms with Gasteiger partial charge in [-0.15, -0.1) is 0 Å². The summed E-state index contributed by atoms with van der Waals surface area (Å²) in [6.45, 7) is 1.61. The lowest BCUT2D eigenvalue weighted by Crippen LogP contribution is -2.47. The molecule has 2 aromatic carbocycles. The molecule has 2 aromatic rings. The lowest BCUT2D eigenvalue weighted by atomic mass is 10.1. The Morgan fingerprint density at radius 1 is 1.04 bits per heavy atom. The van der Waals surface area contributed by atoms with Crippen LogP contribution in [0.3, 0.4) is 0 Å². The number of carbonyl (C=O) groups is 1. The number of amides is 1. The van der Waals surface area contributed by atoms with Crippen LogP contribution in [0.1, 0.15) is 15.9 Å². The van der Waals surface area contributed by atoms with Crippen molar-refractivity contribution in [3.63, 3.8) is 0 Å². The lowest BCUT2D eigenvalue weighted by molar-refractivity contribution is 0.0942. The summed E-state index contributed by atoms with van der Waals surface area (Å²) in [6, 6.07) is 12.6. The number of hydrogen-bond donors (Lipinski definition) is 3. The van der Waals surface area contributed by atoms with Crippen molar-refractivity contribution >= 4 is 34.8 Å². The van der Waals surface area contributed by atoms with Gasteiger partial charge in [-0.1, -0.05) is 23.7 Å². The van der Waals surface area contributed by atoms with Crippen LogP contribution in [0.15, 0.2) is 42.5 Å². The summed E-state index contributed by atoms with van der Waals surface area (Å²) in [5.41, 5.74) is 6.83. The number of fused-ring (bicyclic) bond motifs is 1. The second kappa shape index (κ2) is 8.73. The van der Waals surface area contributed by atoms with Gasteiger partial charge in [0, 0.05) is 17.1 Å². The van der Waals surface area contributed by atoms with E-state index in [0.717, 1.165) is 12.0 Å². The molecule has 0 unspecified atom stereocenters. The number of carbonyl (C=O) groups excluding carboxylic acids is 1. The van der Waals surface area contributed by atoms with Gasteiger partial charge in [-0.05, 0) is 54.5 Å². The number of halogens is 1. The van der Waals surface area contributed by atoms with Crippen molar-refractivity contribution < 1.29 is 14.3 Å². The van der Waals surface area contributed by atoms with E-state index in [-0.39, 0.29) is 5.91 Å². The molecular formula is C18H18ClN3O3S. The zero-order chi connectivity index (χ0) is 18.4. The van der Waals surface area contributed by atoms with Crippen LogP contribution in [-0.2, 0) is 6.42 Å². The third kappa shape index (κ3) is 5.00. The fraction of sp³-hybridized carbons (Fsp3) is 0.222. The van der Waals surface area contributed by atoms with Crippen LogP contribution in [0, 0.1) is 0 Å². The standard InChI is InChI=1S/C18H18ClN3O3S/c19-14-4-1-12(2-5-14)7-8-20-18(26)22-21-17(23)13-3-6-15-16(11-13)25-10-9-24-15/h1-6,11H,7-10H2,(H,21,23)(H2,20,22,26). The van der Waals surface area contributed by atoms with E-state index in [0.29, 0.717) is 47.0 Å². The quantitative estimate of drug-likeness (QED) is 0.549. The number of hydrazine groups is 1. The number of nitrogens with one attached hydrogen (secondary N) is 3. The van der Waals surface area contributed by atoms with E-state index in [4.69, 9.17) is 33.3 Å². The average molecular weight is 392 g/mol. The van der Waals surface area contributed by atoms with Crippen molar-refractivity contribution in [1.82, 2.24) is 16.2 Å². The summed E-state index contributed by atoms with van der Waals surface area (Å²) >= 11 is 11.0. The first kappa shape index (κ1) is 18.3. The van der Waals surface area contributed by atoms with Gasteiger partial charge in [0.15, 0.2) is 16.6 Å². The van der Waals surface area contributed by atoms with E-state index < -0.39 is 0 Å². The third-order valence-electron chi connectivity index (χ3n) is 3.71. The highest BCUT2D eigenvalue weighted by atomic mass is 35.5. The molecule has 0 saturated carbocycles. The minimum atomic E-state index is -0.316. The summed E-state index contributed by atoms with van der Waals surface area (Å²) in [4.78, 5) is 12.2. The molecule has 3 rings (SSSR count). The Kier molecular flexibility index (Phi) is 6.14. The Morgan fingerprint density at radius 3 is 2.54 bits per heavy atom. The van der Waals surface area contributed by atoms with Crippen LogP contribution < -0.4 is 25.6 Å². The van der Waals surface area contributed by atoms with Gasteiger partial charge in [0.05, 0.1) is 0 Å². The van der Waals surface area contributed by atoms with Crippen LogP contribution in [0.25, 0.3) is 0 Å². The molecule has 8 heteroatoms. The molecule has 6 nitrogen and oxygen atoms in total. The highest BCUT2D eigenvalue weighted by molar-refractivity contribution is 7.80. The van der Waals surface area contributed by atoms with Crippen LogP contribution in [0.2, 0.25) is 5.02 Å². The number of rotatable bonds is 4. The van der Waals surface area contributed by atoms with Gasteiger partial charge < -0.3 is 14.8 Å². The van der Waals surface area contributed by atoms with Crippen molar-refractivity contribution in [2.24, 2.45) is 0 Å². The molecule has 3 N–H and O–H groups in total. The van der Waals surface area contributed by atoms with E-state index in [9.17, 15) is 4.79 Å². The highest BCUT2D eigenvalue weighted by Crippen LogP contribution is 2.30. The molecule has 136 valence electrons. The Balaban J connectivity index is 1.42. The first-order chi connectivity index (χ1) is 12.6. The minimum absolute atomic E-state index is 0.316. The largest absolute Gasteiger partial charge is 0.486 e. The first-order valence-corrected chi connectivity index (χ1v) is 8.89. The second-order valence-electron chi connectivity index (χ2n) is 5.57. The Labute approximate surface area is 161 Å². The summed E-state index contributed by atoms with van der Waals surface area (Å²) in [5, 5.41) is 4.08. The van der Waals surface area contributed by atoms with Gasteiger partial charge in [-0.2, -0.15) is 0 Å². The molecule has 0 atom stereocenters. The summed E-state index contributed by atoms with van der Waals surface area (Å²) < 4.78 is 10.9. The number of benzene rings is 2. The van der Waals surface area contributed by atoms with Gasteiger partial charge in [0.2, 0.25) is 0 Å².